The number of rotatable bonds is 6. The minimum absolute atomic E-state index is 0.127. The zero-order chi connectivity index (χ0) is 21.8. The van der Waals surface area contributed by atoms with Gasteiger partial charge < -0.3 is 10.1 Å². The van der Waals surface area contributed by atoms with Gasteiger partial charge >= 0.3 is 5.97 Å². The molecule has 0 radical (unpaired) electrons. The van der Waals surface area contributed by atoms with Gasteiger partial charge in [-0.1, -0.05) is 11.6 Å². The quantitative estimate of drug-likeness (QED) is 0.579. The number of methoxy groups -OCH3 is 1. The maximum absolute atomic E-state index is 13.2. The summed E-state index contributed by atoms with van der Waals surface area (Å²) in [6.45, 7) is 3.83. The molecule has 1 amide bonds. The van der Waals surface area contributed by atoms with Gasteiger partial charge in [0, 0.05) is 17.7 Å². The van der Waals surface area contributed by atoms with E-state index in [1.165, 1.54) is 19.2 Å². The number of hydrogen-bond donors (Lipinski definition) is 1. The van der Waals surface area contributed by atoms with Crippen LogP contribution in [0.5, 0.6) is 0 Å². The smallest absolute Gasteiger partial charge is 0.305 e. The number of carbonyl (C=O) groups excluding carboxylic acids is 2. The van der Waals surface area contributed by atoms with Gasteiger partial charge in [0.25, 0.3) is 5.91 Å². The molecule has 0 unspecified atom stereocenters. The lowest BCUT2D eigenvalue weighted by atomic mass is 10.1. The second-order valence-electron chi connectivity index (χ2n) is 6.76. The highest BCUT2D eigenvalue weighted by Gasteiger charge is 2.15. The molecule has 3 rings (SSSR count). The van der Waals surface area contributed by atoms with Crippen LogP contribution in [0.4, 0.5) is 10.1 Å². The summed E-state index contributed by atoms with van der Waals surface area (Å²) < 4.78 is 19.6. The molecule has 0 aliphatic carbocycles. The van der Waals surface area contributed by atoms with Crippen LogP contribution in [0.1, 0.15) is 33.7 Å². The topological polar surface area (TPSA) is 73.2 Å². The number of hydrogen-bond acceptors (Lipinski definition) is 4. The molecule has 0 atom stereocenters. The Morgan fingerprint density at radius 2 is 1.87 bits per heavy atom. The van der Waals surface area contributed by atoms with Crippen LogP contribution in [0.3, 0.4) is 0 Å². The third-order valence-electron chi connectivity index (χ3n) is 4.80. The van der Waals surface area contributed by atoms with Gasteiger partial charge in [-0.05, 0) is 68.3 Å². The number of halogens is 2. The number of aromatic nitrogens is 2. The van der Waals surface area contributed by atoms with Crippen LogP contribution in [-0.4, -0.2) is 28.8 Å². The van der Waals surface area contributed by atoms with E-state index in [9.17, 15) is 14.0 Å². The van der Waals surface area contributed by atoms with E-state index >= 15 is 0 Å². The molecule has 1 heterocycles. The SMILES string of the molecule is COC(=O)CCc1c(C)nn(-c2ccc(C(=O)Nc3ccc(F)cc3Cl)cc2)c1C. The largest absolute Gasteiger partial charge is 0.469 e. The summed E-state index contributed by atoms with van der Waals surface area (Å²) in [5.74, 6) is -1.10. The molecule has 8 heteroatoms. The zero-order valence-corrected chi connectivity index (χ0v) is 17.6. The first kappa shape index (κ1) is 21.5. The van der Waals surface area contributed by atoms with Crippen molar-refractivity contribution in [3.05, 3.63) is 75.8 Å². The number of benzene rings is 2. The fourth-order valence-electron chi connectivity index (χ4n) is 3.16. The molecule has 0 aliphatic rings. The summed E-state index contributed by atoms with van der Waals surface area (Å²) in [6, 6.07) is 10.7. The van der Waals surface area contributed by atoms with Crippen LogP contribution in [-0.2, 0) is 16.0 Å². The van der Waals surface area contributed by atoms with Crippen molar-refractivity contribution < 1.29 is 18.7 Å². The van der Waals surface area contributed by atoms with Crippen LogP contribution in [0.25, 0.3) is 5.69 Å². The van der Waals surface area contributed by atoms with E-state index in [0.717, 1.165) is 28.7 Å². The number of nitrogens with one attached hydrogen (secondary N) is 1. The first-order valence-electron chi connectivity index (χ1n) is 9.29. The molecule has 1 aromatic heterocycles. The fourth-order valence-corrected chi connectivity index (χ4v) is 3.37. The van der Waals surface area contributed by atoms with Crippen molar-refractivity contribution in [3.63, 3.8) is 0 Å². The van der Waals surface area contributed by atoms with Crippen molar-refractivity contribution in [3.8, 4) is 5.69 Å². The maximum atomic E-state index is 13.2. The Bertz CT molecular complexity index is 1090. The Hall–Kier alpha value is -3.19. The summed E-state index contributed by atoms with van der Waals surface area (Å²) in [6.07, 6.45) is 0.832. The highest BCUT2D eigenvalue weighted by atomic mass is 35.5. The van der Waals surface area contributed by atoms with Crippen LogP contribution >= 0.6 is 11.6 Å². The lowest BCUT2D eigenvalue weighted by Crippen LogP contribution is -2.12. The standard InChI is InChI=1S/C22H21ClFN3O3/c1-13-18(9-11-21(28)30-3)14(2)27(26-13)17-7-4-15(5-8-17)22(29)25-20-10-6-16(24)12-19(20)23/h4-8,10,12H,9,11H2,1-3H3,(H,25,29). The normalized spacial score (nSPS) is 10.7. The Kier molecular flexibility index (Phi) is 6.52. The van der Waals surface area contributed by atoms with Crippen LogP contribution < -0.4 is 5.32 Å². The minimum Gasteiger partial charge on any atom is -0.469 e. The third kappa shape index (κ3) is 4.68. The van der Waals surface area contributed by atoms with Gasteiger partial charge in [0.05, 0.1) is 29.2 Å². The Morgan fingerprint density at radius 1 is 1.17 bits per heavy atom. The molecule has 1 N–H and O–H groups in total. The van der Waals surface area contributed by atoms with Crippen LogP contribution in [0.15, 0.2) is 42.5 Å². The molecule has 2 aromatic carbocycles. The van der Waals surface area contributed by atoms with Gasteiger partial charge in [0.15, 0.2) is 0 Å². The van der Waals surface area contributed by atoms with Crippen molar-refractivity contribution >= 4 is 29.2 Å². The average molecular weight is 430 g/mol. The number of ether oxygens (including phenoxy) is 1. The highest BCUT2D eigenvalue weighted by molar-refractivity contribution is 6.33. The Balaban J connectivity index is 1.77. The van der Waals surface area contributed by atoms with Gasteiger partial charge in [0.2, 0.25) is 0 Å². The molecule has 0 saturated carbocycles. The lowest BCUT2D eigenvalue weighted by molar-refractivity contribution is -0.140. The maximum Gasteiger partial charge on any atom is 0.305 e. The first-order chi connectivity index (χ1) is 14.3. The van der Waals surface area contributed by atoms with E-state index in [-0.39, 0.29) is 23.3 Å². The molecule has 30 heavy (non-hydrogen) atoms. The van der Waals surface area contributed by atoms with Gasteiger partial charge in [-0.2, -0.15) is 5.10 Å². The van der Waals surface area contributed by atoms with E-state index in [4.69, 9.17) is 16.3 Å². The third-order valence-corrected chi connectivity index (χ3v) is 5.11. The summed E-state index contributed by atoms with van der Waals surface area (Å²) in [7, 11) is 1.37. The molecule has 0 fully saturated rings. The molecule has 0 saturated heterocycles. The van der Waals surface area contributed by atoms with Gasteiger partial charge in [-0.15, -0.1) is 0 Å². The highest BCUT2D eigenvalue weighted by Crippen LogP contribution is 2.24. The molecule has 0 aliphatic heterocycles. The van der Waals surface area contributed by atoms with E-state index in [1.54, 1.807) is 28.9 Å². The summed E-state index contributed by atoms with van der Waals surface area (Å²) >= 11 is 5.96. The molecule has 6 nitrogen and oxygen atoms in total. The van der Waals surface area contributed by atoms with Gasteiger partial charge in [-0.25, -0.2) is 9.07 Å². The van der Waals surface area contributed by atoms with E-state index in [1.807, 2.05) is 13.8 Å². The summed E-state index contributed by atoms with van der Waals surface area (Å²) in [4.78, 5) is 23.9. The second-order valence-corrected chi connectivity index (χ2v) is 7.17. The molecule has 0 spiro atoms. The van der Waals surface area contributed by atoms with E-state index in [0.29, 0.717) is 17.7 Å². The van der Waals surface area contributed by atoms with Crippen molar-refractivity contribution in [1.82, 2.24) is 9.78 Å². The van der Waals surface area contributed by atoms with Gasteiger partial charge in [0.1, 0.15) is 5.82 Å². The predicted molar refractivity (Wildman–Crippen MR) is 113 cm³/mol. The number of amides is 1. The monoisotopic (exact) mass is 429 g/mol. The van der Waals surface area contributed by atoms with E-state index < -0.39 is 5.82 Å². The van der Waals surface area contributed by atoms with E-state index in [2.05, 4.69) is 10.4 Å². The van der Waals surface area contributed by atoms with Crippen LogP contribution in [0, 0.1) is 19.7 Å². The number of carbonyl (C=O) groups is 2. The van der Waals surface area contributed by atoms with Crippen LogP contribution in [0.2, 0.25) is 5.02 Å². The summed E-state index contributed by atoms with van der Waals surface area (Å²) in [5.41, 5.74) is 4.30. The second kappa shape index (κ2) is 9.09. The average Bonchev–Trinajstić information content (AvgIpc) is 3.01. The number of nitrogens with zero attached hydrogens (tertiary/aromatic N) is 2. The predicted octanol–water partition coefficient (Wildman–Crippen LogP) is 4.64. The first-order valence-corrected chi connectivity index (χ1v) is 9.66. The number of anilines is 1. The lowest BCUT2D eigenvalue weighted by Gasteiger charge is -2.09. The number of aryl methyl sites for hydroxylation is 1. The minimum atomic E-state index is -0.474. The molecular formula is C22H21ClFN3O3. The fraction of sp³-hybridized carbons (Fsp3) is 0.227. The van der Waals surface area contributed by atoms with Gasteiger partial charge in [-0.3, -0.25) is 9.59 Å². The summed E-state index contributed by atoms with van der Waals surface area (Å²) in [5, 5.41) is 7.35. The molecule has 156 valence electrons. The Labute approximate surface area is 178 Å². The molecule has 0 bridgehead atoms. The molecular weight excluding hydrogens is 409 g/mol. The molecule has 3 aromatic rings. The van der Waals surface area contributed by atoms with Crippen molar-refractivity contribution in [2.24, 2.45) is 0 Å². The number of esters is 1. The van der Waals surface area contributed by atoms with Crippen molar-refractivity contribution in [1.29, 1.82) is 0 Å². The van der Waals surface area contributed by atoms with Crippen molar-refractivity contribution in [2.45, 2.75) is 26.7 Å². The zero-order valence-electron chi connectivity index (χ0n) is 16.8. The van der Waals surface area contributed by atoms with Crippen molar-refractivity contribution in [2.75, 3.05) is 12.4 Å². The Morgan fingerprint density at radius 3 is 2.50 bits per heavy atom.